The van der Waals surface area contributed by atoms with Crippen LogP contribution < -0.4 is 17.0 Å². The van der Waals surface area contributed by atoms with Gasteiger partial charge < -0.3 is 10.3 Å². The van der Waals surface area contributed by atoms with Gasteiger partial charge in [0.1, 0.15) is 5.82 Å². The van der Waals surface area contributed by atoms with Gasteiger partial charge >= 0.3 is 5.69 Å². The molecular weight excluding hydrogens is 246 g/mol. The largest absolute Gasteiger partial charge is 0.332 e. The van der Waals surface area contributed by atoms with Crippen LogP contribution in [0.25, 0.3) is 11.2 Å². The van der Waals surface area contributed by atoms with E-state index < -0.39 is 0 Å². The highest BCUT2D eigenvalue weighted by atomic mass is 16.2. The van der Waals surface area contributed by atoms with Gasteiger partial charge in [-0.1, -0.05) is 0 Å². The summed E-state index contributed by atoms with van der Waals surface area (Å²) in [7, 11) is 1.63. The van der Waals surface area contributed by atoms with Gasteiger partial charge in [0.2, 0.25) is 0 Å². The number of nitrogens with zero attached hydrogens (tertiary/aromatic N) is 4. The van der Waals surface area contributed by atoms with Crippen molar-refractivity contribution in [1.29, 1.82) is 0 Å². The topological polar surface area (TPSA) is 87.8 Å². The highest BCUT2D eigenvalue weighted by Crippen LogP contribution is 2.09. The molecule has 0 aromatic carbocycles. The van der Waals surface area contributed by atoms with E-state index in [1.54, 1.807) is 7.05 Å². The van der Waals surface area contributed by atoms with E-state index >= 15 is 0 Å². The summed E-state index contributed by atoms with van der Waals surface area (Å²) in [5.74, 6) is 0.737. The van der Waals surface area contributed by atoms with E-state index in [9.17, 15) is 9.59 Å². The SMILES string of the molecule is CCn1c(C)nc2c1c(=O)n(CCCN)c(=O)n2C. The molecule has 0 amide bonds. The third kappa shape index (κ3) is 1.99. The summed E-state index contributed by atoms with van der Waals surface area (Å²) < 4.78 is 4.49. The van der Waals surface area contributed by atoms with E-state index in [4.69, 9.17) is 5.73 Å². The minimum Gasteiger partial charge on any atom is -0.330 e. The minimum atomic E-state index is -0.341. The standard InChI is InChI=1S/C12H19N5O2/c1-4-16-8(2)14-10-9(16)11(18)17(7-5-6-13)12(19)15(10)3/h4-7,13H2,1-3H3. The molecule has 2 N–H and O–H groups in total. The summed E-state index contributed by atoms with van der Waals surface area (Å²) in [4.78, 5) is 28.9. The van der Waals surface area contributed by atoms with Crippen LogP contribution in [-0.4, -0.2) is 25.2 Å². The van der Waals surface area contributed by atoms with Crippen LogP contribution in [0.4, 0.5) is 0 Å². The molecule has 2 aromatic heterocycles. The number of hydrogen-bond donors (Lipinski definition) is 1. The van der Waals surface area contributed by atoms with Crippen LogP contribution in [0.2, 0.25) is 0 Å². The van der Waals surface area contributed by atoms with E-state index in [1.807, 2.05) is 18.4 Å². The Morgan fingerprint density at radius 2 is 1.95 bits per heavy atom. The molecule has 2 heterocycles. The first-order chi connectivity index (χ1) is 9.02. The van der Waals surface area contributed by atoms with E-state index in [0.717, 1.165) is 5.82 Å². The molecule has 0 unspecified atom stereocenters. The quantitative estimate of drug-likeness (QED) is 0.812. The lowest BCUT2D eigenvalue weighted by atomic mass is 10.4. The Bertz CT molecular complexity index is 722. The van der Waals surface area contributed by atoms with Crippen molar-refractivity contribution < 1.29 is 0 Å². The van der Waals surface area contributed by atoms with Crippen LogP contribution in [0, 0.1) is 6.92 Å². The second-order valence-corrected chi connectivity index (χ2v) is 4.52. The van der Waals surface area contributed by atoms with Crippen molar-refractivity contribution in [2.45, 2.75) is 33.4 Å². The minimum absolute atomic E-state index is 0.283. The molecule has 0 radical (unpaired) electrons. The van der Waals surface area contributed by atoms with Gasteiger partial charge in [0.15, 0.2) is 11.2 Å². The third-order valence-electron chi connectivity index (χ3n) is 3.33. The van der Waals surface area contributed by atoms with Gasteiger partial charge in [-0.15, -0.1) is 0 Å². The first-order valence-corrected chi connectivity index (χ1v) is 6.39. The number of hydrogen-bond acceptors (Lipinski definition) is 4. The summed E-state index contributed by atoms with van der Waals surface area (Å²) in [5, 5.41) is 0. The number of aryl methyl sites for hydroxylation is 3. The zero-order chi connectivity index (χ0) is 14.2. The van der Waals surface area contributed by atoms with Crippen LogP contribution in [0.5, 0.6) is 0 Å². The monoisotopic (exact) mass is 265 g/mol. The molecule has 19 heavy (non-hydrogen) atoms. The lowest BCUT2D eigenvalue weighted by Crippen LogP contribution is -2.40. The number of rotatable bonds is 4. The van der Waals surface area contributed by atoms with Crippen molar-refractivity contribution in [3.63, 3.8) is 0 Å². The second-order valence-electron chi connectivity index (χ2n) is 4.52. The molecule has 0 saturated heterocycles. The van der Waals surface area contributed by atoms with Gasteiger partial charge in [0.25, 0.3) is 5.56 Å². The molecule has 0 bridgehead atoms. The lowest BCUT2D eigenvalue weighted by molar-refractivity contribution is 0.575. The second kappa shape index (κ2) is 5.00. The van der Waals surface area contributed by atoms with Gasteiger partial charge in [-0.05, 0) is 26.8 Å². The molecular formula is C12H19N5O2. The van der Waals surface area contributed by atoms with Crippen LogP contribution in [0.3, 0.4) is 0 Å². The molecule has 2 aromatic rings. The molecule has 104 valence electrons. The van der Waals surface area contributed by atoms with Gasteiger partial charge in [-0.3, -0.25) is 13.9 Å². The first kappa shape index (κ1) is 13.5. The normalized spacial score (nSPS) is 11.4. The molecule has 0 spiro atoms. The molecule has 0 aliphatic rings. The maximum atomic E-state index is 12.4. The Morgan fingerprint density at radius 3 is 2.53 bits per heavy atom. The highest BCUT2D eigenvalue weighted by molar-refractivity contribution is 5.70. The number of fused-ring (bicyclic) bond motifs is 1. The highest BCUT2D eigenvalue weighted by Gasteiger charge is 2.17. The maximum absolute atomic E-state index is 12.4. The van der Waals surface area contributed by atoms with E-state index in [0.29, 0.717) is 37.2 Å². The van der Waals surface area contributed by atoms with Crippen LogP contribution in [0.1, 0.15) is 19.2 Å². The lowest BCUT2D eigenvalue weighted by Gasteiger charge is -2.08. The first-order valence-electron chi connectivity index (χ1n) is 6.39. The van der Waals surface area contributed by atoms with Crippen molar-refractivity contribution in [1.82, 2.24) is 18.7 Å². The number of imidazole rings is 1. The fourth-order valence-corrected chi connectivity index (χ4v) is 2.31. The molecule has 7 nitrogen and oxygen atoms in total. The fraction of sp³-hybridized carbons (Fsp3) is 0.583. The zero-order valence-electron chi connectivity index (χ0n) is 11.5. The van der Waals surface area contributed by atoms with Crippen LogP contribution >= 0.6 is 0 Å². The molecule has 0 fully saturated rings. The zero-order valence-corrected chi connectivity index (χ0v) is 11.5. The van der Waals surface area contributed by atoms with E-state index in [1.165, 1.54) is 9.13 Å². The predicted molar refractivity (Wildman–Crippen MR) is 73.3 cm³/mol. The molecule has 0 aliphatic carbocycles. The summed E-state index contributed by atoms with van der Waals surface area (Å²) in [5.41, 5.74) is 5.75. The number of aromatic nitrogens is 4. The predicted octanol–water partition coefficient (Wildman–Crippen LogP) is -0.426. The molecule has 0 aliphatic heterocycles. The third-order valence-corrected chi connectivity index (χ3v) is 3.33. The van der Waals surface area contributed by atoms with Gasteiger partial charge in [0, 0.05) is 20.1 Å². The maximum Gasteiger partial charge on any atom is 0.332 e. The van der Waals surface area contributed by atoms with E-state index in [-0.39, 0.29) is 11.2 Å². The van der Waals surface area contributed by atoms with Crippen molar-refractivity contribution in [2.24, 2.45) is 12.8 Å². The average molecular weight is 265 g/mol. The number of nitrogens with two attached hydrogens (primary N) is 1. The Kier molecular flexibility index (Phi) is 3.57. The molecule has 7 heteroatoms. The summed E-state index contributed by atoms with van der Waals surface area (Å²) >= 11 is 0. The van der Waals surface area contributed by atoms with Gasteiger partial charge in [-0.25, -0.2) is 9.78 Å². The fourth-order valence-electron chi connectivity index (χ4n) is 2.31. The van der Waals surface area contributed by atoms with Crippen molar-refractivity contribution in [3.05, 3.63) is 26.7 Å². The smallest absolute Gasteiger partial charge is 0.330 e. The van der Waals surface area contributed by atoms with Crippen molar-refractivity contribution >= 4 is 11.2 Å². The Hall–Kier alpha value is -1.89. The van der Waals surface area contributed by atoms with Crippen LogP contribution in [0.15, 0.2) is 9.59 Å². The molecule has 0 atom stereocenters. The van der Waals surface area contributed by atoms with Gasteiger partial charge in [0.05, 0.1) is 0 Å². The Labute approximate surface area is 110 Å². The summed E-state index contributed by atoms with van der Waals surface area (Å²) in [6, 6.07) is 0. The Morgan fingerprint density at radius 1 is 1.26 bits per heavy atom. The van der Waals surface area contributed by atoms with Crippen molar-refractivity contribution in [3.8, 4) is 0 Å². The summed E-state index contributed by atoms with van der Waals surface area (Å²) in [6.07, 6.45) is 0.597. The molecule has 2 rings (SSSR count). The van der Waals surface area contributed by atoms with Gasteiger partial charge in [-0.2, -0.15) is 0 Å². The molecule has 0 saturated carbocycles. The van der Waals surface area contributed by atoms with Crippen LogP contribution in [-0.2, 0) is 20.1 Å². The average Bonchev–Trinajstić information content (AvgIpc) is 2.73. The summed E-state index contributed by atoms with van der Waals surface area (Å²) in [6.45, 7) is 5.21. The van der Waals surface area contributed by atoms with E-state index in [2.05, 4.69) is 4.98 Å². The Balaban J connectivity index is 2.86. The van der Waals surface area contributed by atoms with Crippen molar-refractivity contribution in [2.75, 3.05) is 6.54 Å².